The average Bonchev–Trinajstić information content (AvgIpc) is 3.36. The summed E-state index contributed by atoms with van der Waals surface area (Å²) < 4.78 is 25.5. The number of carbonyl (C=O) groups excluding carboxylic acids is 1. The lowest BCUT2D eigenvalue weighted by Gasteiger charge is -2.15. The molecule has 0 bridgehead atoms. The number of Topliss-reactive ketones (excluding diaryl/α,β-unsaturated/α-hetero) is 1. The molecule has 8 heteroatoms. The second-order valence-electron chi connectivity index (χ2n) is 10.0. The zero-order valence-corrected chi connectivity index (χ0v) is 20.3. The van der Waals surface area contributed by atoms with Crippen LogP contribution in [0, 0.1) is 18.7 Å². The second kappa shape index (κ2) is 10.5. The topological polar surface area (TPSA) is 106 Å². The summed E-state index contributed by atoms with van der Waals surface area (Å²) in [5, 5.41) is 17.8. The smallest absolute Gasteiger partial charge is 0.303 e. The van der Waals surface area contributed by atoms with Crippen molar-refractivity contribution in [1.82, 2.24) is 10.3 Å². The van der Waals surface area contributed by atoms with Crippen molar-refractivity contribution in [2.24, 2.45) is 5.92 Å². The number of aryl methyl sites for hydroxylation is 1. The van der Waals surface area contributed by atoms with E-state index >= 15 is 0 Å². The summed E-state index contributed by atoms with van der Waals surface area (Å²) in [5.41, 5.74) is 3.17. The number of carboxylic acids is 1. The highest BCUT2D eigenvalue weighted by Gasteiger charge is 2.37. The van der Waals surface area contributed by atoms with Crippen LogP contribution in [-0.2, 0) is 22.4 Å². The van der Waals surface area contributed by atoms with Gasteiger partial charge in [0.2, 0.25) is 0 Å². The average molecular weight is 483 g/mol. The minimum Gasteiger partial charge on any atom is -0.481 e. The number of nitrogens with zero attached hydrogens (tertiary/aromatic N) is 2. The maximum absolute atomic E-state index is 14.3. The maximum atomic E-state index is 14.3. The van der Waals surface area contributed by atoms with Crippen LogP contribution >= 0.6 is 0 Å². The number of rotatable bonds is 12. The molecule has 1 aromatic carbocycles. The van der Waals surface area contributed by atoms with Crippen LogP contribution in [0.2, 0.25) is 0 Å². The molecule has 1 aliphatic carbocycles. The summed E-state index contributed by atoms with van der Waals surface area (Å²) in [6.07, 6.45) is 2.81. The van der Waals surface area contributed by atoms with E-state index in [2.05, 4.69) is 24.2 Å². The van der Waals surface area contributed by atoms with E-state index in [1.165, 1.54) is 6.07 Å². The molecule has 1 N–H and O–H groups in total. The van der Waals surface area contributed by atoms with Gasteiger partial charge in [-0.25, -0.2) is 4.39 Å². The van der Waals surface area contributed by atoms with E-state index in [0.29, 0.717) is 28.6 Å². The third kappa shape index (κ3) is 6.24. The Morgan fingerprint density at radius 2 is 1.94 bits per heavy atom. The zero-order chi connectivity index (χ0) is 25.1. The molecule has 1 aliphatic rings. The van der Waals surface area contributed by atoms with Crippen LogP contribution in [0.1, 0.15) is 85.9 Å². The number of benzene rings is 1. The lowest BCUT2D eigenvalue weighted by atomic mass is 9.87. The summed E-state index contributed by atoms with van der Waals surface area (Å²) in [5.74, 6) is -0.0461. The van der Waals surface area contributed by atoms with Gasteiger partial charge in [0.25, 0.3) is 0 Å². The molecule has 2 aromatic heterocycles. The number of halogens is 1. The number of carboxylic acid groups (broad SMARTS) is 1. The maximum Gasteiger partial charge on any atom is 0.303 e. The summed E-state index contributed by atoms with van der Waals surface area (Å²) in [6.45, 7) is 5.98. The lowest BCUT2D eigenvalue weighted by Crippen LogP contribution is -2.13. The fourth-order valence-electron chi connectivity index (χ4n) is 4.46. The molecule has 0 saturated heterocycles. The molecule has 2 heterocycles. The highest BCUT2D eigenvalue weighted by atomic mass is 19.1. The van der Waals surface area contributed by atoms with Gasteiger partial charge in [-0.2, -0.15) is 0 Å². The number of aliphatic carboxylic acids is 1. The van der Waals surface area contributed by atoms with Crippen LogP contribution < -0.4 is 0 Å². The first kappa shape index (κ1) is 24.8. The monoisotopic (exact) mass is 482 g/mol. The number of hydrogen-bond acceptors (Lipinski definition) is 6. The Morgan fingerprint density at radius 1 is 1.17 bits per heavy atom. The molecule has 1 fully saturated rings. The number of hydrogen-bond donors (Lipinski definition) is 1. The summed E-state index contributed by atoms with van der Waals surface area (Å²) >= 11 is 0. The SMILES string of the molecule is Cc1ccc(CC(=O)C[C@H](CCC(=O)O)c2noc(-c3cc(CC(C)C)on3)c2C2CC2)c(F)c1. The highest BCUT2D eigenvalue weighted by Crippen LogP contribution is 2.48. The van der Waals surface area contributed by atoms with Crippen molar-refractivity contribution in [2.75, 3.05) is 0 Å². The first-order valence-electron chi connectivity index (χ1n) is 12.1. The molecule has 1 saturated carbocycles. The number of aromatic nitrogens is 2. The summed E-state index contributed by atoms with van der Waals surface area (Å²) in [6, 6.07) is 6.66. The van der Waals surface area contributed by atoms with Gasteiger partial charge in [0, 0.05) is 43.2 Å². The largest absolute Gasteiger partial charge is 0.481 e. The van der Waals surface area contributed by atoms with E-state index in [-0.39, 0.29) is 37.4 Å². The van der Waals surface area contributed by atoms with Gasteiger partial charge in [-0.1, -0.05) is 36.3 Å². The van der Waals surface area contributed by atoms with Crippen LogP contribution in [0.15, 0.2) is 33.3 Å². The van der Waals surface area contributed by atoms with Crippen molar-refractivity contribution in [3.63, 3.8) is 0 Å². The predicted octanol–water partition coefficient (Wildman–Crippen LogP) is 6.00. The van der Waals surface area contributed by atoms with Crippen LogP contribution in [-0.4, -0.2) is 27.2 Å². The first-order chi connectivity index (χ1) is 16.7. The fourth-order valence-corrected chi connectivity index (χ4v) is 4.46. The Bertz CT molecular complexity index is 1210. The summed E-state index contributed by atoms with van der Waals surface area (Å²) in [4.78, 5) is 24.3. The van der Waals surface area contributed by atoms with Gasteiger partial charge in [0.15, 0.2) is 11.5 Å². The standard InChI is InChI=1S/C27H31FN2O5/c1-15(2)10-21-14-23(29-34-21)27-25(17-6-7-17)26(30-35-27)19(8-9-24(32)33)13-20(31)12-18-5-4-16(3)11-22(18)28/h4-5,11,14-15,17,19H,6-10,12-13H2,1-3H3,(H,32,33)/t19-/m0/s1. The molecule has 186 valence electrons. The van der Waals surface area contributed by atoms with Gasteiger partial charge in [-0.15, -0.1) is 0 Å². The second-order valence-corrected chi connectivity index (χ2v) is 10.0. The molecule has 1 atom stereocenters. The Labute approximate surface area is 203 Å². The molecular formula is C27H31FN2O5. The van der Waals surface area contributed by atoms with Gasteiger partial charge < -0.3 is 14.2 Å². The van der Waals surface area contributed by atoms with Crippen LogP contribution in [0.3, 0.4) is 0 Å². The van der Waals surface area contributed by atoms with Gasteiger partial charge in [-0.3, -0.25) is 9.59 Å². The van der Waals surface area contributed by atoms with Crippen molar-refractivity contribution in [1.29, 1.82) is 0 Å². The fraction of sp³-hybridized carbons (Fsp3) is 0.481. The Balaban J connectivity index is 1.60. The highest BCUT2D eigenvalue weighted by molar-refractivity contribution is 5.82. The molecule has 3 aromatic rings. The van der Waals surface area contributed by atoms with Crippen LogP contribution in [0.25, 0.3) is 11.5 Å². The molecule has 7 nitrogen and oxygen atoms in total. The summed E-state index contributed by atoms with van der Waals surface area (Å²) in [7, 11) is 0. The van der Waals surface area contributed by atoms with E-state index in [0.717, 1.165) is 36.1 Å². The van der Waals surface area contributed by atoms with Crippen molar-refractivity contribution in [2.45, 2.75) is 77.6 Å². The number of carbonyl (C=O) groups is 2. The van der Waals surface area contributed by atoms with Gasteiger partial charge >= 0.3 is 5.97 Å². The predicted molar refractivity (Wildman–Crippen MR) is 127 cm³/mol. The minimum absolute atomic E-state index is 0.0546. The lowest BCUT2D eigenvalue weighted by molar-refractivity contribution is -0.137. The molecular weight excluding hydrogens is 451 g/mol. The van der Waals surface area contributed by atoms with E-state index in [9.17, 15) is 19.1 Å². The molecule has 0 unspecified atom stereocenters. The molecule has 0 amide bonds. The normalized spacial score (nSPS) is 14.4. The minimum atomic E-state index is -0.946. The van der Waals surface area contributed by atoms with E-state index in [1.54, 1.807) is 19.1 Å². The van der Waals surface area contributed by atoms with Crippen molar-refractivity contribution >= 4 is 11.8 Å². The van der Waals surface area contributed by atoms with Crippen molar-refractivity contribution in [3.05, 3.63) is 58.2 Å². The van der Waals surface area contributed by atoms with Gasteiger partial charge in [-0.05, 0) is 55.2 Å². The van der Waals surface area contributed by atoms with Crippen molar-refractivity contribution < 1.29 is 28.1 Å². The Kier molecular flexibility index (Phi) is 7.48. The Morgan fingerprint density at radius 3 is 2.60 bits per heavy atom. The third-order valence-electron chi connectivity index (χ3n) is 6.31. The number of ketones is 1. The Hall–Kier alpha value is -3.29. The first-order valence-corrected chi connectivity index (χ1v) is 12.1. The zero-order valence-electron chi connectivity index (χ0n) is 20.3. The van der Waals surface area contributed by atoms with Gasteiger partial charge in [0.05, 0.1) is 5.69 Å². The molecule has 0 radical (unpaired) electrons. The van der Waals surface area contributed by atoms with Crippen LogP contribution in [0.5, 0.6) is 0 Å². The van der Waals surface area contributed by atoms with E-state index in [1.807, 2.05) is 6.07 Å². The van der Waals surface area contributed by atoms with E-state index < -0.39 is 17.7 Å². The molecule has 0 spiro atoms. The third-order valence-corrected chi connectivity index (χ3v) is 6.31. The van der Waals surface area contributed by atoms with E-state index in [4.69, 9.17) is 9.05 Å². The molecule has 35 heavy (non-hydrogen) atoms. The van der Waals surface area contributed by atoms with Crippen LogP contribution in [0.4, 0.5) is 4.39 Å². The molecule has 4 rings (SSSR count). The quantitative estimate of drug-likeness (QED) is 0.337. The van der Waals surface area contributed by atoms with Crippen molar-refractivity contribution in [3.8, 4) is 11.5 Å². The molecule has 0 aliphatic heterocycles. The van der Waals surface area contributed by atoms with Gasteiger partial charge in [0.1, 0.15) is 17.4 Å².